The molecule has 0 saturated carbocycles. The smallest absolute Gasteiger partial charge is 0.0572 e. The molecule has 2 rings (SSSR count). The summed E-state index contributed by atoms with van der Waals surface area (Å²) in [5.41, 5.74) is 0.251. The molecule has 2 N–H and O–H groups in total. The zero-order chi connectivity index (χ0) is 7.90. The molecule has 2 aliphatic rings. The first-order chi connectivity index (χ1) is 5.18. The zero-order valence-electron chi connectivity index (χ0n) is 7.14. The third-order valence-corrected chi connectivity index (χ3v) is 3.08. The summed E-state index contributed by atoms with van der Waals surface area (Å²) in [4.78, 5) is 0. The molecule has 0 aliphatic carbocycles. The SMILES string of the molecule is C[C@]12CCC[C@H](C[C@@H](O)C1)N2. The number of rotatable bonds is 0. The minimum Gasteiger partial charge on any atom is -0.393 e. The van der Waals surface area contributed by atoms with Crippen LogP contribution in [0.2, 0.25) is 0 Å². The van der Waals surface area contributed by atoms with Gasteiger partial charge in [-0.05, 0) is 32.6 Å². The average molecular weight is 155 g/mol. The van der Waals surface area contributed by atoms with Crippen molar-refractivity contribution in [2.45, 2.75) is 56.7 Å². The Labute approximate surface area is 68.0 Å². The van der Waals surface area contributed by atoms with Gasteiger partial charge in [0.05, 0.1) is 6.10 Å². The van der Waals surface area contributed by atoms with Crippen LogP contribution in [0.15, 0.2) is 0 Å². The van der Waals surface area contributed by atoms with E-state index in [1.54, 1.807) is 0 Å². The molecule has 2 fully saturated rings. The Morgan fingerprint density at radius 3 is 3.09 bits per heavy atom. The molecular weight excluding hydrogens is 138 g/mol. The molecule has 0 aromatic carbocycles. The summed E-state index contributed by atoms with van der Waals surface area (Å²) in [7, 11) is 0. The molecule has 0 spiro atoms. The minimum atomic E-state index is -0.0495. The number of nitrogens with one attached hydrogen (secondary N) is 1. The Kier molecular flexibility index (Phi) is 1.69. The van der Waals surface area contributed by atoms with Gasteiger partial charge in [0.25, 0.3) is 0 Å². The molecule has 0 aromatic heterocycles. The lowest BCUT2D eigenvalue weighted by Gasteiger charge is -2.46. The van der Waals surface area contributed by atoms with E-state index in [0.29, 0.717) is 6.04 Å². The number of aliphatic hydroxyl groups excluding tert-OH is 1. The molecule has 2 nitrogen and oxygen atoms in total. The molecule has 0 radical (unpaired) electrons. The summed E-state index contributed by atoms with van der Waals surface area (Å²) >= 11 is 0. The molecule has 11 heavy (non-hydrogen) atoms. The van der Waals surface area contributed by atoms with Crippen molar-refractivity contribution in [1.82, 2.24) is 5.32 Å². The van der Waals surface area contributed by atoms with Crippen molar-refractivity contribution in [3.8, 4) is 0 Å². The van der Waals surface area contributed by atoms with Crippen molar-refractivity contribution in [3.63, 3.8) is 0 Å². The van der Waals surface area contributed by atoms with Crippen molar-refractivity contribution in [1.29, 1.82) is 0 Å². The van der Waals surface area contributed by atoms with Crippen LogP contribution >= 0.6 is 0 Å². The van der Waals surface area contributed by atoms with E-state index in [-0.39, 0.29) is 11.6 Å². The van der Waals surface area contributed by atoms with Gasteiger partial charge in [0.2, 0.25) is 0 Å². The largest absolute Gasteiger partial charge is 0.393 e. The first-order valence-corrected chi connectivity index (χ1v) is 4.64. The molecule has 2 heteroatoms. The lowest BCUT2D eigenvalue weighted by Crippen LogP contribution is -2.58. The number of piperidine rings is 2. The third kappa shape index (κ3) is 1.42. The van der Waals surface area contributed by atoms with Crippen molar-refractivity contribution < 1.29 is 5.11 Å². The lowest BCUT2D eigenvalue weighted by molar-refractivity contribution is 0.0354. The van der Waals surface area contributed by atoms with Crippen LogP contribution in [0.5, 0.6) is 0 Å². The summed E-state index contributed by atoms with van der Waals surface area (Å²) in [5.74, 6) is 0. The van der Waals surface area contributed by atoms with Crippen LogP contribution in [0.1, 0.15) is 39.0 Å². The number of aliphatic hydroxyl groups is 1. The molecule has 3 atom stereocenters. The molecule has 2 saturated heterocycles. The molecule has 2 heterocycles. The molecular formula is C9H17NO. The van der Waals surface area contributed by atoms with Crippen LogP contribution in [0.4, 0.5) is 0 Å². The normalized spacial score (nSPS) is 50.7. The predicted molar refractivity (Wildman–Crippen MR) is 44.4 cm³/mol. The van der Waals surface area contributed by atoms with Crippen molar-refractivity contribution in [3.05, 3.63) is 0 Å². The summed E-state index contributed by atoms with van der Waals surface area (Å²) in [5, 5.41) is 13.1. The van der Waals surface area contributed by atoms with Crippen molar-refractivity contribution in [2.75, 3.05) is 0 Å². The quantitative estimate of drug-likeness (QED) is 0.548. The van der Waals surface area contributed by atoms with Crippen LogP contribution in [0.25, 0.3) is 0 Å². The van der Waals surface area contributed by atoms with Gasteiger partial charge in [0.1, 0.15) is 0 Å². The van der Waals surface area contributed by atoms with Gasteiger partial charge >= 0.3 is 0 Å². The highest BCUT2D eigenvalue weighted by atomic mass is 16.3. The van der Waals surface area contributed by atoms with E-state index in [0.717, 1.165) is 12.8 Å². The maximum Gasteiger partial charge on any atom is 0.0572 e. The molecule has 0 unspecified atom stereocenters. The van der Waals surface area contributed by atoms with Crippen molar-refractivity contribution in [2.24, 2.45) is 0 Å². The molecule has 2 bridgehead atoms. The van der Waals surface area contributed by atoms with E-state index in [4.69, 9.17) is 0 Å². The zero-order valence-corrected chi connectivity index (χ0v) is 7.14. The Morgan fingerprint density at radius 2 is 2.36 bits per heavy atom. The molecule has 0 aromatic rings. The third-order valence-electron chi connectivity index (χ3n) is 3.08. The average Bonchev–Trinajstić information content (AvgIpc) is 1.82. The van der Waals surface area contributed by atoms with Crippen LogP contribution in [-0.2, 0) is 0 Å². The Hall–Kier alpha value is -0.0800. The van der Waals surface area contributed by atoms with Gasteiger partial charge in [0.15, 0.2) is 0 Å². The molecule has 0 amide bonds. The van der Waals surface area contributed by atoms with Crippen LogP contribution < -0.4 is 5.32 Å². The number of hydrogen-bond acceptors (Lipinski definition) is 2. The first-order valence-electron chi connectivity index (χ1n) is 4.64. The van der Waals surface area contributed by atoms with Crippen LogP contribution in [0.3, 0.4) is 0 Å². The minimum absolute atomic E-state index is 0.0495. The second-order valence-corrected chi connectivity index (χ2v) is 4.39. The number of hydrogen-bond donors (Lipinski definition) is 2. The molecule has 64 valence electrons. The maximum absolute atomic E-state index is 9.54. The predicted octanol–water partition coefficient (Wildman–Crippen LogP) is 1.04. The lowest BCUT2D eigenvalue weighted by atomic mass is 9.76. The van der Waals surface area contributed by atoms with E-state index in [1.807, 2.05) is 0 Å². The monoisotopic (exact) mass is 155 g/mol. The van der Waals surface area contributed by atoms with Gasteiger partial charge in [-0.25, -0.2) is 0 Å². The highest BCUT2D eigenvalue weighted by Crippen LogP contribution is 2.33. The summed E-state index contributed by atoms with van der Waals surface area (Å²) < 4.78 is 0. The van der Waals surface area contributed by atoms with E-state index >= 15 is 0 Å². The van der Waals surface area contributed by atoms with Crippen LogP contribution in [0, 0.1) is 0 Å². The van der Waals surface area contributed by atoms with Gasteiger partial charge in [-0.1, -0.05) is 6.42 Å². The Balaban J connectivity index is 2.09. The topological polar surface area (TPSA) is 32.3 Å². The number of fused-ring (bicyclic) bond motifs is 2. The summed E-state index contributed by atoms with van der Waals surface area (Å²) in [6.45, 7) is 2.24. The second kappa shape index (κ2) is 2.46. The highest BCUT2D eigenvalue weighted by Gasteiger charge is 2.38. The fourth-order valence-corrected chi connectivity index (χ4v) is 2.65. The van der Waals surface area contributed by atoms with Crippen molar-refractivity contribution >= 4 is 0 Å². The maximum atomic E-state index is 9.54. The van der Waals surface area contributed by atoms with E-state index in [2.05, 4.69) is 12.2 Å². The van der Waals surface area contributed by atoms with Crippen LogP contribution in [-0.4, -0.2) is 22.8 Å². The fraction of sp³-hybridized carbons (Fsp3) is 1.00. The Morgan fingerprint density at radius 1 is 1.55 bits per heavy atom. The van der Waals surface area contributed by atoms with E-state index in [1.165, 1.54) is 19.3 Å². The van der Waals surface area contributed by atoms with Gasteiger partial charge < -0.3 is 10.4 Å². The first kappa shape index (κ1) is 7.56. The van der Waals surface area contributed by atoms with Gasteiger partial charge in [-0.2, -0.15) is 0 Å². The Bertz CT molecular complexity index is 156. The molecule has 2 aliphatic heterocycles. The van der Waals surface area contributed by atoms with E-state index < -0.39 is 0 Å². The standard InChI is InChI=1S/C9H17NO/c1-9-4-2-3-7(10-9)5-8(11)6-9/h7-8,10-11H,2-6H2,1H3/t7-,8-,9+/m1/s1. The summed E-state index contributed by atoms with van der Waals surface area (Å²) in [6, 6.07) is 0.595. The van der Waals surface area contributed by atoms with Gasteiger partial charge in [-0.15, -0.1) is 0 Å². The summed E-state index contributed by atoms with van der Waals surface area (Å²) in [6.07, 6.45) is 5.69. The van der Waals surface area contributed by atoms with Gasteiger partial charge in [0, 0.05) is 11.6 Å². The van der Waals surface area contributed by atoms with Gasteiger partial charge in [-0.3, -0.25) is 0 Å². The highest BCUT2D eigenvalue weighted by molar-refractivity contribution is 4.98. The van der Waals surface area contributed by atoms with E-state index in [9.17, 15) is 5.11 Å². The second-order valence-electron chi connectivity index (χ2n) is 4.39. The fourth-order valence-electron chi connectivity index (χ4n) is 2.65.